The highest BCUT2D eigenvalue weighted by molar-refractivity contribution is 6.03. The Morgan fingerprint density at radius 1 is 1.06 bits per heavy atom. The van der Waals surface area contributed by atoms with Crippen molar-refractivity contribution in [1.29, 1.82) is 0 Å². The van der Waals surface area contributed by atoms with E-state index in [9.17, 15) is 14.4 Å². The Hall–Kier alpha value is -4.01. The third-order valence-electron chi connectivity index (χ3n) is 5.33. The van der Waals surface area contributed by atoms with Gasteiger partial charge < -0.3 is 24.3 Å². The first-order valence-electron chi connectivity index (χ1n) is 10.4. The first kappa shape index (κ1) is 22.2. The Morgan fingerprint density at radius 3 is 2.42 bits per heavy atom. The number of benzene rings is 2. The zero-order chi connectivity index (χ0) is 23.7. The molecule has 0 radical (unpaired) electrons. The van der Waals surface area contributed by atoms with E-state index in [0.29, 0.717) is 34.0 Å². The number of ether oxygens (including phenoxy) is 4. The molecule has 4 rings (SSSR count). The first-order chi connectivity index (χ1) is 15.8. The molecule has 0 aliphatic carbocycles. The monoisotopic (exact) mass is 452 g/mol. The first-order valence-corrected chi connectivity index (χ1v) is 10.4. The second kappa shape index (κ2) is 8.85. The SMILES string of the molecule is COC(=O)c1ccc([C@H]2NC(=O)N(c3ccc4c(c3)OCO4)C(C)=C2C(=O)OC(C)C)cc1. The highest BCUT2D eigenvalue weighted by Gasteiger charge is 2.38. The topological polar surface area (TPSA) is 103 Å². The number of fused-ring (bicyclic) bond motifs is 1. The largest absolute Gasteiger partial charge is 0.465 e. The fourth-order valence-electron chi connectivity index (χ4n) is 3.80. The summed E-state index contributed by atoms with van der Waals surface area (Å²) in [6, 6.07) is 10.4. The zero-order valence-corrected chi connectivity index (χ0v) is 18.7. The maximum atomic E-state index is 13.2. The fourth-order valence-corrected chi connectivity index (χ4v) is 3.80. The molecule has 0 saturated heterocycles. The molecule has 2 amide bonds. The van der Waals surface area contributed by atoms with Crippen LogP contribution in [0.5, 0.6) is 11.5 Å². The molecule has 33 heavy (non-hydrogen) atoms. The van der Waals surface area contributed by atoms with Gasteiger partial charge in [0.15, 0.2) is 11.5 Å². The van der Waals surface area contributed by atoms with Gasteiger partial charge in [0.05, 0.1) is 36.1 Å². The molecule has 2 aromatic carbocycles. The Morgan fingerprint density at radius 2 is 1.76 bits per heavy atom. The number of urea groups is 1. The van der Waals surface area contributed by atoms with Gasteiger partial charge in [-0.05, 0) is 50.6 Å². The highest BCUT2D eigenvalue weighted by atomic mass is 16.7. The lowest BCUT2D eigenvalue weighted by Gasteiger charge is -2.35. The summed E-state index contributed by atoms with van der Waals surface area (Å²) in [6.45, 7) is 5.31. The van der Waals surface area contributed by atoms with E-state index in [2.05, 4.69) is 5.32 Å². The molecule has 0 saturated carbocycles. The van der Waals surface area contributed by atoms with Crippen LogP contribution in [0.1, 0.15) is 42.7 Å². The van der Waals surface area contributed by atoms with Crippen LogP contribution in [0.2, 0.25) is 0 Å². The van der Waals surface area contributed by atoms with Gasteiger partial charge >= 0.3 is 18.0 Å². The summed E-state index contributed by atoms with van der Waals surface area (Å²) in [7, 11) is 1.30. The lowest BCUT2D eigenvalue weighted by Crippen LogP contribution is -2.48. The number of hydrogen-bond acceptors (Lipinski definition) is 7. The molecule has 0 spiro atoms. The van der Waals surface area contributed by atoms with Crippen LogP contribution < -0.4 is 19.7 Å². The molecule has 9 heteroatoms. The van der Waals surface area contributed by atoms with Gasteiger partial charge in [-0.15, -0.1) is 0 Å². The smallest absolute Gasteiger partial charge is 0.338 e. The van der Waals surface area contributed by atoms with Gasteiger partial charge in [0, 0.05) is 11.8 Å². The van der Waals surface area contributed by atoms with E-state index in [-0.39, 0.29) is 18.5 Å². The maximum absolute atomic E-state index is 13.2. The van der Waals surface area contributed by atoms with E-state index in [1.165, 1.54) is 12.0 Å². The molecular formula is C24H24N2O7. The minimum Gasteiger partial charge on any atom is -0.465 e. The van der Waals surface area contributed by atoms with Crippen LogP contribution in [-0.4, -0.2) is 38.0 Å². The van der Waals surface area contributed by atoms with E-state index in [1.807, 2.05) is 0 Å². The van der Waals surface area contributed by atoms with E-state index >= 15 is 0 Å². The number of hydrogen-bond donors (Lipinski definition) is 1. The average molecular weight is 452 g/mol. The lowest BCUT2D eigenvalue weighted by atomic mass is 9.94. The van der Waals surface area contributed by atoms with Crippen LogP contribution in [0, 0.1) is 0 Å². The molecule has 0 unspecified atom stereocenters. The highest BCUT2D eigenvalue weighted by Crippen LogP contribution is 2.39. The Kier molecular flexibility index (Phi) is 5.95. The molecule has 0 aromatic heterocycles. The number of allylic oxidation sites excluding steroid dienone is 1. The van der Waals surface area contributed by atoms with Crippen molar-refractivity contribution in [3.05, 3.63) is 64.9 Å². The number of rotatable bonds is 5. The second-order valence-corrected chi connectivity index (χ2v) is 7.82. The van der Waals surface area contributed by atoms with Crippen LogP contribution in [-0.2, 0) is 14.3 Å². The van der Waals surface area contributed by atoms with Gasteiger partial charge in [-0.2, -0.15) is 0 Å². The summed E-state index contributed by atoms with van der Waals surface area (Å²) in [5.74, 6) is 0.0745. The van der Waals surface area contributed by atoms with E-state index in [4.69, 9.17) is 18.9 Å². The second-order valence-electron chi connectivity index (χ2n) is 7.82. The van der Waals surface area contributed by atoms with E-state index in [1.54, 1.807) is 63.2 Å². The molecule has 2 heterocycles. The zero-order valence-electron chi connectivity index (χ0n) is 18.7. The molecule has 2 aliphatic rings. The van der Waals surface area contributed by atoms with Gasteiger partial charge in [-0.25, -0.2) is 14.4 Å². The fraction of sp³-hybridized carbons (Fsp3) is 0.292. The summed E-state index contributed by atoms with van der Waals surface area (Å²) in [5.41, 5.74) is 2.20. The Labute approximate surface area is 190 Å². The number of carbonyl (C=O) groups is 3. The summed E-state index contributed by atoms with van der Waals surface area (Å²) < 4.78 is 21.0. The predicted molar refractivity (Wildman–Crippen MR) is 118 cm³/mol. The average Bonchev–Trinajstić information content (AvgIpc) is 3.25. The third-order valence-corrected chi connectivity index (χ3v) is 5.33. The van der Waals surface area contributed by atoms with E-state index < -0.39 is 24.0 Å². The number of anilines is 1. The van der Waals surface area contributed by atoms with Crippen molar-refractivity contribution in [1.82, 2.24) is 5.32 Å². The minimum absolute atomic E-state index is 0.107. The van der Waals surface area contributed by atoms with Crippen LogP contribution in [0.25, 0.3) is 0 Å². The third kappa shape index (κ3) is 4.21. The molecule has 172 valence electrons. The van der Waals surface area contributed by atoms with E-state index in [0.717, 1.165) is 0 Å². The summed E-state index contributed by atoms with van der Waals surface area (Å²) in [4.78, 5) is 39.5. The van der Waals surface area contributed by atoms with Crippen molar-refractivity contribution in [3.8, 4) is 11.5 Å². The molecular weight excluding hydrogens is 428 g/mol. The number of esters is 2. The molecule has 9 nitrogen and oxygen atoms in total. The number of amides is 2. The van der Waals surface area contributed by atoms with Crippen molar-refractivity contribution in [2.24, 2.45) is 0 Å². The molecule has 1 atom stereocenters. The van der Waals surface area contributed by atoms with Crippen LogP contribution in [0.15, 0.2) is 53.7 Å². The molecule has 0 fully saturated rings. The molecule has 2 aliphatic heterocycles. The lowest BCUT2D eigenvalue weighted by molar-refractivity contribution is -0.143. The van der Waals surface area contributed by atoms with Gasteiger partial charge in [0.2, 0.25) is 6.79 Å². The summed E-state index contributed by atoms with van der Waals surface area (Å²) in [5, 5.41) is 2.89. The van der Waals surface area contributed by atoms with Crippen molar-refractivity contribution in [2.45, 2.75) is 32.9 Å². The van der Waals surface area contributed by atoms with Gasteiger partial charge in [-0.1, -0.05) is 12.1 Å². The van der Waals surface area contributed by atoms with Crippen molar-refractivity contribution in [2.75, 3.05) is 18.8 Å². The van der Waals surface area contributed by atoms with Gasteiger partial charge in [0.1, 0.15) is 0 Å². The maximum Gasteiger partial charge on any atom is 0.338 e. The number of nitrogens with one attached hydrogen (secondary N) is 1. The van der Waals surface area contributed by atoms with Gasteiger partial charge in [-0.3, -0.25) is 4.90 Å². The minimum atomic E-state index is -0.763. The van der Waals surface area contributed by atoms with Crippen molar-refractivity contribution < 1.29 is 33.3 Å². The summed E-state index contributed by atoms with van der Waals surface area (Å²) in [6.07, 6.45) is -0.350. The predicted octanol–water partition coefficient (Wildman–Crippen LogP) is 3.70. The number of methoxy groups -OCH3 is 1. The van der Waals surface area contributed by atoms with Crippen LogP contribution >= 0.6 is 0 Å². The molecule has 2 aromatic rings. The van der Waals surface area contributed by atoms with Crippen molar-refractivity contribution >= 4 is 23.7 Å². The molecule has 0 bridgehead atoms. The van der Waals surface area contributed by atoms with Gasteiger partial charge in [0.25, 0.3) is 0 Å². The Balaban J connectivity index is 1.77. The Bertz CT molecular complexity index is 1140. The van der Waals surface area contributed by atoms with Crippen molar-refractivity contribution in [3.63, 3.8) is 0 Å². The van der Waals surface area contributed by atoms with Crippen LogP contribution in [0.3, 0.4) is 0 Å². The number of nitrogens with zero attached hydrogens (tertiary/aromatic N) is 1. The quantitative estimate of drug-likeness (QED) is 0.690. The standard InChI is InChI=1S/C24H24N2O7/c1-13(2)33-23(28)20-14(3)26(17-9-10-18-19(11-17)32-12-31-18)24(29)25-21(20)15-5-7-16(8-6-15)22(27)30-4/h5-11,13,21H,12H2,1-4H3,(H,25,29)/t21-/m1/s1. The molecule has 1 N–H and O–H groups in total. The summed E-state index contributed by atoms with van der Waals surface area (Å²) >= 11 is 0. The van der Waals surface area contributed by atoms with Crippen LogP contribution in [0.4, 0.5) is 10.5 Å². The normalized spacial score (nSPS) is 17.2. The number of carbonyl (C=O) groups excluding carboxylic acids is 3.